The molecule has 0 bridgehead atoms. The molecule has 134 valence electrons. The molecule has 0 radical (unpaired) electrons. The van der Waals surface area contributed by atoms with Crippen LogP contribution in [0.1, 0.15) is 5.56 Å². The lowest BCUT2D eigenvalue weighted by Gasteiger charge is -2.10. The fourth-order valence-corrected chi connectivity index (χ4v) is 2.80. The number of benzene rings is 3. The van der Waals surface area contributed by atoms with Gasteiger partial charge in [0.2, 0.25) is 0 Å². The van der Waals surface area contributed by atoms with Gasteiger partial charge in [-0.1, -0.05) is 60.1 Å². The van der Waals surface area contributed by atoms with Crippen LogP contribution in [0.25, 0.3) is 11.1 Å². The number of nitrogens with zero attached hydrogens (tertiary/aromatic N) is 1. The van der Waals surface area contributed by atoms with Crippen LogP contribution in [0.2, 0.25) is 5.02 Å². The fourth-order valence-electron chi connectivity index (χ4n) is 2.57. The van der Waals surface area contributed by atoms with Crippen LogP contribution in [0, 0.1) is 11.3 Å². The zero-order valence-corrected chi connectivity index (χ0v) is 15.2. The maximum absolute atomic E-state index is 12.1. The lowest BCUT2D eigenvalue weighted by molar-refractivity contribution is -0.118. The van der Waals surface area contributed by atoms with Gasteiger partial charge in [0.25, 0.3) is 5.91 Å². The third kappa shape index (κ3) is 5.10. The molecule has 3 rings (SSSR count). The molecule has 27 heavy (non-hydrogen) atoms. The highest BCUT2D eigenvalue weighted by molar-refractivity contribution is 6.32. The Balaban J connectivity index is 1.58. The molecule has 0 spiro atoms. The zero-order chi connectivity index (χ0) is 19.1. The van der Waals surface area contributed by atoms with Gasteiger partial charge >= 0.3 is 0 Å². The molecule has 0 aliphatic heterocycles. The molecule has 0 saturated heterocycles. The van der Waals surface area contributed by atoms with Gasteiger partial charge in [-0.25, -0.2) is 0 Å². The lowest BCUT2D eigenvalue weighted by atomic mass is 10.1. The largest absolute Gasteiger partial charge is 0.482 e. The van der Waals surface area contributed by atoms with Crippen LogP contribution in [0.3, 0.4) is 0 Å². The molecule has 0 saturated carbocycles. The van der Waals surface area contributed by atoms with Gasteiger partial charge in [-0.05, 0) is 41.0 Å². The minimum absolute atomic E-state index is 0.148. The Morgan fingerprint density at radius 3 is 2.41 bits per heavy atom. The molecular weight excluding hydrogens is 360 g/mol. The van der Waals surface area contributed by atoms with E-state index in [1.54, 1.807) is 30.3 Å². The summed E-state index contributed by atoms with van der Waals surface area (Å²) in [5.41, 5.74) is 3.59. The van der Waals surface area contributed by atoms with Crippen molar-refractivity contribution in [2.45, 2.75) is 6.42 Å². The summed E-state index contributed by atoms with van der Waals surface area (Å²) in [5.74, 6) is 0.169. The van der Waals surface area contributed by atoms with Gasteiger partial charge in [0, 0.05) is 5.69 Å². The standard InChI is InChI=1S/C22H17ClN2O2/c23-20-14-18(17-4-2-1-3-5-17)8-11-21(20)27-15-22(26)25-19-9-6-16(7-10-19)12-13-24/h1-11,14H,12,15H2,(H,25,26). The topological polar surface area (TPSA) is 62.1 Å². The molecule has 1 N–H and O–H groups in total. The number of hydrogen-bond donors (Lipinski definition) is 1. The summed E-state index contributed by atoms with van der Waals surface area (Å²) in [5, 5.41) is 11.9. The first-order valence-corrected chi connectivity index (χ1v) is 8.77. The summed E-state index contributed by atoms with van der Waals surface area (Å²) in [6, 6.07) is 24.6. The molecule has 3 aromatic carbocycles. The monoisotopic (exact) mass is 376 g/mol. The van der Waals surface area contributed by atoms with Gasteiger partial charge in [0.15, 0.2) is 6.61 Å². The van der Waals surface area contributed by atoms with Crippen LogP contribution in [-0.2, 0) is 11.2 Å². The van der Waals surface area contributed by atoms with Crippen LogP contribution in [0.5, 0.6) is 5.75 Å². The summed E-state index contributed by atoms with van der Waals surface area (Å²) < 4.78 is 5.54. The van der Waals surface area contributed by atoms with Crippen LogP contribution in [-0.4, -0.2) is 12.5 Å². The van der Waals surface area contributed by atoms with E-state index >= 15 is 0 Å². The normalized spacial score (nSPS) is 10.1. The van der Waals surface area contributed by atoms with Crippen LogP contribution in [0.4, 0.5) is 5.69 Å². The molecule has 0 atom stereocenters. The average Bonchev–Trinajstić information content (AvgIpc) is 2.69. The van der Waals surface area contributed by atoms with Crippen molar-refractivity contribution in [2.24, 2.45) is 0 Å². The number of ether oxygens (including phenoxy) is 1. The van der Waals surface area contributed by atoms with Crippen LogP contribution < -0.4 is 10.1 Å². The van der Waals surface area contributed by atoms with E-state index in [9.17, 15) is 4.79 Å². The van der Waals surface area contributed by atoms with Crippen molar-refractivity contribution in [2.75, 3.05) is 11.9 Å². The lowest BCUT2D eigenvalue weighted by Crippen LogP contribution is -2.20. The molecular formula is C22H17ClN2O2. The van der Waals surface area contributed by atoms with Gasteiger partial charge in [-0.15, -0.1) is 0 Å². The number of halogens is 1. The summed E-state index contributed by atoms with van der Waals surface area (Å²) in [7, 11) is 0. The number of nitrogens with one attached hydrogen (secondary N) is 1. The van der Waals surface area contributed by atoms with Gasteiger partial charge in [0.1, 0.15) is 5.75 Å². The molecule has 0 heterocycles. The summed E-state index contributed by atoms with van der Waals surface area (Å²) >= 11 is 6.29. The van der Waals surface area contributed by atoms with E-state index in [0.717, 1.165) is 16.7 Å². The van der Waals surface area contributed by atoms with E-state index < -0.39 is 0 Å². The van der Waals surface area contributed by atoms with Crippen molar-refractivity contribution < 1.29 is 9.53 Å². The zero-order valence-electron chi connectivity index (χ0n) is 14.5. The SMILES string of the molecule is N#CCc1ccc(NC(=O)COc2ccc(-c3ccccc3)cc2Cl)cc1. The highest BCUT2D eigenvalue weighted by atomic mass is 35.5. The van der Waals surface area contributed by atoms with Gasteiger partial charge in [-0.2, -0.15) is 5.26 Å². The Bertz CT molecular complexity index is 964. The Labute approximate surface area is 163 Å². The van der Waals surface area contributed by atoms with Crippen molar-refractivity contribution in [3.63, 3.8) is 0 Å². The number of amides is 1. The molecule has 5 heteroatoms. The second-order valence-electron chi connectivity index (χ2n) is 5.88. The fraction of sp³-hybridized carbons (Fsp3) is 0.0909. The molecule has 0 aliphatic carbocycles. The number of hydrogen-bond acceptors (Lipinski definition) is 3. The number of carbonyl (C=O) groups excluding carboxylic acids is 1. The van der Waals surface area contributed by atoms with E-state index in [-0.39, 0.29) is 12.5 Å². The minimum Gasteiger partial charge on any atom is -0.482 e. The van der Waals surface area contributed by atoms with Crippen LogP contribution >= 0.6 is 11.6 Å². The first-order valence-electron chi connectivity index (χ1n) is 8.39. The summed E-state index contributed by atoms with van der Waals surface area (Å²) in [4.78, 5) is 12.1. The number of carbonyl (C=O) groups is 1. The second-order valence-corrected chi connectivity index (χ2v) is 6.29. The highest BCUT2D eigenvalue weighted by Gasteiger charge is 2.08. The molecule has 3 aromatic rings. The Morgan fingerprint density at radius 2 is 1.74 bits per heavy atom. The van der Waals surface area contributed by atoms with Crippen molar-refractivity contribution in [3.8, 4) is 22.9 Å². The van der Waals surface area contributed by atoms with Crippen molar-refractivity contribution in [1.82, 2.24) is 0 Å². The number of rotatable bonds is 6. The maximum atomic E-state index is 12.1. The molecule has 1 amide bonds. The molecule has 4 nitrogen and oxygen atoms in total. The van der Waals surface area contributed by atoms with Gasteiger partial charge < -0.3 is 10.1 Å². The Hall–Kier alpha value is -3.29. The van der Waals surface area contributed by atoms with E-state index in [0.29, 0.717) is 22.9 Å². The van der Waals surface area contributed by atoms with E-state index in [4.69, 9.17) is 21.6 Å². The van der Waals surface area contributed by atoms with Crippen molar-refractivity contribution >= 4 is 23.2 Å². The summed E-state index contributed by atoms with van der Waals surface area (Å²) in [6.07, 6.45) is 0.342. The molecule has 0 aromatic heterocycles. The third-order valence-electron chi connectivity index (χ3n) is 3.92. The van der Waals surface area contributed by atoms with Crippen molar-refractivity contribution in [3.05, 3.63) is 83.4 Å². The second kappa shape index (κ2) is 8.88. The highest BCUT2D eigenvalue weighted by Crippen LogP contribution is 2.30. The first kappa shape index (κ1) is 18.5. The quantitative estimate of drug-likeness (QED) is 0.651. The number of nitriles is 1. The van der Waals surface area contributed by atoms with Gasteiger partial charge in [-0.3, -0.25) is 4.79 Å². The predicted octanol–water partition coefficient (Wildman–Crippen LogP) is 5.09. The van der Waals surface area contributed by atoms with Crippen molar-refractivity contribution in [1.29, 1.82) is 5.26 Å². The Morgan fingerprint density at radius 1 is 1.00 bits per heavy atom. The molecule has 0 aliphatic rings. The minimum atomic E-state index is -0.286. The van der Waals surface area contributed by atoms with E-state index in [1.807, 2.05) is 42.5 Å². The first-order chi connectivity index (χ1) is 13.2. The molecule has 0 fully saturated rings. The predicted molar refractivity (Wildman–Crippen MR) is 107 cm³/mol. The van der Waals surface area contributed by atoms with Gasteiger partial charge in [0.05, 0.1) is 17.5 Å². The van der Waals surface area contributed by atoms with E-state index in [1.165, 1.54) is 0 Å². The summed E-state index contributed by atoms with van der Waals surface area (Å²) in [6.45, 7) is -0.148. The maximum Gasteiger partial charge on any atom is 0.262 e. The Kier molecular flexibility index (Phi) is 6.09. The number of anilines is 1. The molecule has 0 unspecified atom stereocenters. The van der Waals surface area contributed by atoms with Crippen LogP contribution in [0.15, 0.2) is 72.8 Å². The third-order valence-corrected chi connectivity index (χ3v) is 4.21. The van der Waals surface area contributed by atoms with E-state index in [2.05, 4.69) is 11.4 Å². The smallest absolute Gasteiger partial charge is 0.262 e. The average molecular weight is 377 g/mol.